The molecule has 0 aromatic heterocycles. The van der Waals surface area contributed by atoms with Crippen molar-refractivity contribution >= 4 is 21.9 Å². The first-order valence-electron chi connectivity index (χ1n) is 6.22. The van der Waals surface area contributed by atoms with Crippen LogP contribution in [0.25, 0.3) is 0 Å². The van der Waals surface area contributed by atoms with Crippen molar-refractivity contribution in [1.82, 2.24) is 0 Å². The average Bonchev–Trinajstić information content (AvgIpc) is 2.35. The first kappa shape index (κ1) is 13.4. The number of benzene rings is 1. The lowest BCUT2D eigenvalue weighted by Crippen LogP contribution is -2.10. The monoisotopic (exact) mass is 312 g/mol. The fourth-order valence-corrected chi connectivity index (χ4v) is 3.33. The first-order valence-corrected chi connectivity index (χ1v) is 7.01. The zero-order valence-electron chi connectivity index (χ0n) is 10.5. The highest BCUT2D eigenvalue weighted by molar-refractivity contribution is 9.10. The Hall–Kier alpha value is -1.03. The van der Waals surface area contributed by atoms with Crippen LogP contribution >= 0.6 is 15.9 Å². The molecule has 0 heterocycles. The largest absolute Gasteiger partial charge is 0.495 e. The van der Waals surface area contributed by atoms with Gasteiger partial charge in [0.15, 0.2) is 0 Å². The summed E-state index contributed by atoms with van der Waals surface area (Å²) in [6, 6.07) is 2.12. The van der Waals surface area contributed by atoms with E-state index in [-0.39, 0.29) is 6.42 Å². The molecule has 0 radical (unpaired) electrons. The molecule has 18 heavy (non-hydrogen) atoms. The van der Waals surface area contributed by atoms with Crippen molar-refractivity contribution in [2.24, 2.45) is 0 Å². The van der Waals surface area contributed by atoms with Crippen molar-refractivity contribution in [2.75, 3.05) is 7.11 Å². The number of rotatable bonds is 4. The van der Waals surface area contributed by atoms with Crippen LogP contribution in [0.15, 0.2) is 10.5 Å². The van der Waals surface area contributed by atoms with Gasteiger partial charge >= 0.3 is 5.97 Å². The highest BCUT2D eigenvalue weighted by Gasteiger charge is 2.20. The Balaban J connectivity index is 2.44. The molecule has 1 aliphatic carbocycles. The van der Waals surface area contributed by atoms with Gasteiger partial charge in [0.2, 0.25) is 0 Å². The van der Waals surface area contributed by atoms with Crippen LogP contribution in [-0.2, 0) is 24.1 Å². The van der Waals surface area contributed by atoms with Gasteiger partial charge in [0.25, 0.3) is 0 Å². The summed E-state index contributed by atoms with van der Waals surface area (Å²) in [4.78, 5) is 10.8. The molecule has 1 N–H and O–H groups in total. The minimum atomic E-state index is -0.762. The van der Waals surface area contributed by atoms with Gasteiger partial charge in [-0.25, -0.2) is 0 Å². The normalized spacial score (nSPS) is 14.1. The maximum absolute atomic E-state index is 10.8. The molecule has 0 unspecified atom stereocenters. The molecule has 1 aromatic rings. The maximum atomic E-state index is 10.8. The number of ether oxygens (including phenoxy) is 1. The van der Waals surface area contributed by atoms with Crippen LogP contribution in [-0.4, -0.2) is 18.2 Å². The third kappa shape index (κ3) is 2.69. The predicted molar refractivity (Wildman–Crippen MR) is 73.3 cm³/mol. The van der Waals surface area contributed by atoms with Crippen LogP contribution in [0.3, 0.4) is 0 Å². The predicted octanol–water partition coefficient (Wildman–Crippen LogP) is 3.35. The van der Waals surface area contributed by atoms with Crippen LogP contribution in [0.4, 0.5) is 0 Å². The Kier molecular flexibility index (Phi) is 4.27. The minimum absolute atomic E-state index is 0.152. The van der Waals surface area contributed by atoms with Crippen LogP contribution in [0.5, 0.6) is 5.75 Å². The highest BCUT2D eigenvalue weighted by Crippen LogP contribution is 2.38. The average molecular weight is 313 g/mol. The van der Waals surface area contributed by atoms with Crippen molar-refractivity contribution in [2.45, 2.75) is 38.5 Å². The van der Waals surface area contributed by atoms with Crippen molar-refractivity contribution in [3.63, 3.8) is 0 Å². The summed E-state index contributed by atoms with van der Waals surface area (Å²) in [7, 11) is 1.64. The summed E-state index contributed by atoms with van der Waals surface area (Å²) in [5.74, 6) is 0.0403. The van der Waals surface area contributed by atoms with Crippen molar-refractivity contribution in [3.05, 3.63) is 27.2 Å². The first-order chi connectivity index (χ1) is 8.63. The van der Waals surface area contributed by atoms with Crippen LogP contribution < -0.4 is 4.74 Å². The third-order valence-electron chi connectivity index (χ3n) is 3.46. The van der Waals surface area contributed by atoms with E-state index in [1.165, 1.54) is 24.0 Å². The van der Waals surface area contributed by atoms with Crippen molar-refractivity contribution < 1.29 is 14.6 Å². The minimum Gasteiger partial charge on any atom is -0.495 e. The van der Waals surface area contributed by atoms with Crippen LogP contribution in [0.1, 0.15) is 36.0 Å². The van der Waals surface area contributed by atoms with Gasteiger partial charge in [0.1, 0.15) is 5.75 Å². The quantitative estimate of drug-likeness (QED) is 0.927. The molecule has 0 spiro atoms. The molecule has 0 atom stereocenters. The van der Waals surface area contributed by atoms with Crippen LogP contribution in [0, 0.1) is 0 Å². The SMILES string of the molecule is COc1c(Br)cc2c(c1CCC(=O)O)CCCC2. The summed E-state index contributed by atoms with van der Waals surface area (Å²) >= 11 is 3.52. The highest BCUT2D eigenvalue weighted by atomic mass is 79.9. The molecule has 0 saturated heterocycles. The molecule has 98 valence electrons. The second-order valence-corrected chi connectivity index (χ2v) is 5.46. The number of aliphatic carboxylic acids is 1. The zero-order valence-corrected chi connectivity index (χ0v) is 12.0. The number of hydrogen-bond acceptors (Lipinski definition) is 2. The number of halogens is 1. The van der Waals surface area contributed by atoms with Gasteiger partial charge < -0.3 is 9.84 Å². The van der Waals surface area contributed by atoms with E-state index in [0.717, 1.165) is 28.6 Å². The van der Waals surface area contributed by atoms with E-state index >= 15 is 0 Å². The number of fused-ring (bicyclic) bond motifs is 1. The second kappa shape index (κ2) is 5.74. The lowest BCUT2D eigenvalue weighted by atomic mass is 9.86. The van der Waals surface area contributed by atoms with E-state index in [1.807, 2.05) is 0 Å². The summed E-state index contributed by atoms with van der Waals surface area (Å²) in [5.41, 5.74) is 3.72. The molecule has 0 aliphatic heterocycles. The third-order valence-corrected chi connectivity index (χ3v) is 4.05. The summed E-state index contributed by atoms with van der Waals surface area (Å²) in [5, 5.41) is 8.86. The number of methoxy groups -OCH3 is 1. The van der Waals surface area contributed by atoms with Gasteiger partial charge in [-0.2, -0.15) is 0 Å². The van der Waals surface area contributed by atoms with Gasteiger partial charge in [-0.1, -0.05) is 0 Å². The molecule has 1 aromatic carbocycles. The van der Waals surface area contributed by atoms with E-state index in [2.05, 4.69) is 22.0 Å². The Morgan fingerprint density at radius 3 is 2.83 bits per heavy atom. The van der Waals surface area contributed by atoms with Gasteiger partial charge in [0, 0.05) is 6.42 Å². The molecular formula is C14H17BrO3. The zero-order chi connectivity index (χ0) is 13.1. The lowest BCUT2D eigenvalue weighted by molar-refractivity contribution is -0.136. The fraction of sp³-hybridized carbons (Fsp3) is 0.500. The van der Waals surface area contributed by atoms with E-state index < -0.39 is 5.97 Å². The molecule has 2 rings (SSSR count). The smallest absolute Gasteiger partial charge is 0.303 e. The number of aryl methyl sites for hydroxylation is 1. The topological polar surface area (TPSA) is 46.5 Å². The molecule has 0 fully saturated rings. The summed E-state index contributed by atoms with van der Waals surface area (Å²) in [6.45, 7) is 0. The molecule has 0 saturated carbocycles. The Morgan fingerprint density at radius 2 is 2.17 bits per heavy atom. The Bertz CT molecular complexity index is 469. The number of carboxylic acid groups (broad SMARTS) is 1. The number of carbonyl (C=O) groups is 1. The van der Waals surface area contributed by atoms with Crippen LogP contribution in [0.2, 0.25) is 0 Å². The van der Waals surface area contributed by atoms with E-state index in [0.29, 0.717) is 6.42 Å². The molecule has 0 bridgehead atoms. The molecule has 0 amide bonds. The second-order valence-electron chi connectivity index (χ2n) is 4.61. The lowest BCUT2D eigenvalue weighted by Gasteiger charge is -2.22. The van der Waals surface area contributed by atoms with E-state index in [9.17, 15) is 4.79 Å². The molecule has 3 nitrogen and oxygen atoms in total. The van der Waals surface area contributed by atoms with Crippen molar-refractivity contribution in [3.8, 4) is 5.75 Å². The van der Waals surface area contributed by atoms with Gasteiger partial charge in [-0.05, 0) is 70.8 Å². The van der Waals surface area contributed by atoms with E-state index in [1.54, 1.807) is 7.11 Å². The number of hydrogen-bond donors (Lipinski definition) is 1. The van der Waals surface area contributed by atoms with Gasteiger partial charge in [-0.15, -0.1) is 0 Å². The molecule has 4 heteroatoms. The maximum Gasteiger partial charge on any atom is 0.303 e. The van der Waals surface area contributed by atoms with Crippen molar-refractivity contribution in [1.29, 1.82) is 0 Å². The molecule has 1 aliphatic rings. The van der Waals surface area contributed by atoms with Gasteiger partial charge in [-0.3, -0.25) is 4.79 Å². The number of carboxylic acids is 1. The Morgan fingerprint density at radius 1 is 1.44 bits per heavy atom. The summed E-state index contributed by atoms with van der Waals surface area (Å²) in [6.07, 6.45) is 5.20. The standard InChI is InChI=1S/C14H17BrO3/c1-18-14-11(6-7-13(16)17)10-5-3-2-4-9(10)8-12(14)15/h8H,2-7H2,1H3,(H,16,17). The summed E-state index contributed by atoms with van der Waals surface area (Å²) < 4.78 is 6.37. The Labute approximate surface area is 115 Å². The molecular weight excluding hydrogens is 296 g/mol. The van der Waals surface area contributed by atoms with Gasteiger partial charge in [0.05, 0.1) is 11.6 Å². The fourth-order valence-electron chi connectivity index (χ4n) is 2.65. The van der Waals surface area contributed by atoms with E-state index in [4.69, 9.17) is 9.84 Å².